The Morgan fingerprint density at radius 1 is 1.04 bits per heavy atom. The number of nitrogens with zero attached hydrogens (tertiary/aromatic N) is 4. The first-order valence-electron chi connectivity index (χ1n) is 17.2. The van der Waals surface area contributed by atoms with Gasteiger partial charge in [-0.25, -0.2) is 9.48 Å². The van der Waals surface area contributed by atoms with Crippen LogP contribution in [0.15, 0.2) is 48.7 Å². The van der Waals surface area contributed by atoms with Gasteiger partial charge in [0.05, 0.1) is 63.9 Å². The molecule has 4 atom stereocenters. The summed E-state index contributed by atoms with van der Waals surface area (Å²) in [5, 5.41) is 20.6. The van der Waals surface area contributed by atoms with Crippen LogP contribution in [0.3, 0.4) is 0 Å². The minimum absolute atomic E-state index is 0.0173. The predicted molar refractivity (Wildman–Crippen MR) is 192 cm³/mol. The van der Waals surface area contributed by atoms with E-state index in [1.165, 1.54) is 7.11 Å². The number of nitrogens with one attached hydrogen (secondary N) is 4. The number of ether oxygens (including phenoxy) is 3. The summed E-state index contributed by atoms with van der Waals surface area (Å²) in [6.07, 6.45) is 5.16. The van der Waals surface area contributed by atoms with Crippen molar-refractivity contribution in [3.8, 4) is 22.8 Å². The SMILES string of the molecule is COc1ccc(OC)c(N2CC(C(=O)Nc3ccc(-c4cn(CCOCCNC(=O)CCCC[C@@H]5SC[C@@H]6NC(=O)N[C@@H]65)nn4)cc3)CC2=O)c1. The quantitative estimate of drug-likeness (QED) is 0.120. The molecular weight excluding hydrogens is 677 g/mol. The molecular formula is C35H44N8O7S. The Bertz CT molecular complexity index is 1700. The summed E-state index contributed by atoms with van der Waals surface area (Å²) in [4.78, 5) is 51.2. The molecule has 15 nitrogen and oxygen atoms in total. The van der Waals surface area contributed by atoms with Gasteiger partial charge in [0.15, 0.2) is 0 Å². The number of thioether (sulfide) groups is 1. The fraction of sp³-hybridized carbons (Fsp3) is 0.486. The average molecular weight is 721 g/mol. The van der Waals surface area contributed by atoms with Crippen LogP contribution in [0.1, 0.15) is 32.1 Å². The Balaban J connectivity index is 0.858. The molecule has 6 rings (SSSR count). The van der Waals surface area contributed by atoms with Crippen molar-refractivity contribution in [3.63, 3.8) is 0 Å². The largest absolute Gasteiger partial charge is 0.497 e. The maximum Gasteiger partial charge on any atom is 0.315 e. The van der Waals surface area contributed by atoms with Crippen LogP contribution in [0.4, 0.5) is 16.2 Å². The summed E-state index contributed by atoms with van der Waals surface area (Å²) in [7, 11) is 3.09. The molecule has 3 fully saturated rings. The number of aromatic nitrogens is 3. The zero-order valence-corrected chi connectivity index (χ0v) is 29.6. The van der Waals surface area contributed by atoms with Crippen LogP contribution in [-0.4, -0.2) is 102 Å². The van der Waals surface area contributed by atoms with Gasteiger partial charge in [-0.05, 0) is 37.1 Å². The summed E-state index contributed by atoms with van der Waals surface area (Å²) < 4.78 is 18.1. The van der Waals surface area contributed by atoms with E-state index in [0.717, 1.165) is 30.6 Å². The highest BCUT2D eigenvalue weighted by Crippen LogP contribution is 2.36. The third-order valence-corrected chi connectivity index (χ3v) is 10.8. The Morgan fingerprint density at radius 2 is 1.88 bits per heavy atom. The van der Waals surface area contributed by atoms with Crippen molar-refractivity contribution >= 4 is 46.9 Å². The van der Waals surface area contributed by atoms with Crippen LogP contribution in [-0.2, 0) is 25.7 Å². The van der Waals surface area contributed by atoms with Gasteiger partial charge < -0.3 is 40.4 Å². The maximum absolute atomic E-state index is 13.1. The van der Waals surface area contributed by atoms with Crippen LogP contribution in [0.2, 0.25) is 0 Å². The molecule has 3 aromatic rings. The molecule has 4 N–H and O–H groups in total. The lowest BCUT2D eigenvalue weighted by Gasteiger charge is -2.20. The molecule has 2 aromatic carbocycles. The molecule has 0 radical (unpaired) electrons. The van der Waals surface area contributed by atoms with Crippen molar-refractivity contribution in [2.24, 2.45) is 5.92 Å². The second-order valence-electron chi connectivity index (χ2n) is 12.7. The number of benzene rings is 2. The first kappa shape index (κ1) is 36.0. The minimum Gasteiger partial charge on any atom is -0.497 e. The van der Waals surface area contributed by atoms with E-state index in [-0.39, 0.29) is 48.8 Å². The van der Waals surface area contributed by atoms with Crippen molar-refractivity contribution < 1.29 is 33.4 Å². The van der Waals surface area contributed by atoms with Crippen molar-refractivity contribution in [2.45, 2.75) is 56.0 Å². The number of hydrogen-bond acceptors (Lipinski definition) is 10. The summed E-state index contributed by atoms with van der Waals surface area (Å²) in [5.41, 5.74) is 2.70. The molecule has 1 unspecified atom stereocenters. The Labute approximate surface area is 300 Å². The van der Waals surface area contributed by atoms with E-state index in [4.69, 9.17) is 14.2 Å². The number of hydrogen-bond donors (Lipinski definition) is 4. The van der Waals surface area contributed by atoms with Crippen molar-refractivity contribution in [1.82, 2.24) is 30.9 Å². The number of fused-ring (bicyclic) bond motifs is 1. The van der Waals surface area contributed by atoms with Gasteiger partial charge >= 0.3 is 6.03 Å². The zero-order valence-electron chi connectivity index (χ0n) is 28.8. The van der Waals surface area contributed by atoms with Gasteiger partial charge in [-0.3, -0.25) is 14.4 Å². The average Bonchev–Trinajstić information content (AvgIpc) is 3.93. The maximum atomic E-state index is 13.1. The number of anilines is 2. The second kappa shape index (κ2) is 16.9. The molecule has 272 valence electrons. The van der Waals surface area contributed by atoms with Crippen LogP contribution < -0.4 is 35.6 Å². The molecule has 3 saturated heterocycles. The van der Waals surface area contributed by atoms with E-state index in [9.17, 15) is 19.2 Å². The van der Waals surface area contributed by atoms with E-state index in [1.54, 1.807) is 47.0 Å². The molecule has 0 bridgehead atoms. The fourth-order valence-electron chi connectivity index (χ4n) is 6.52. The number of methoxy groups -OCH3 is 2. The molecule has 3 aliphatic rings. The van der Waals surface area contributed by atoms with E-state index in [1.807, 2.05) is 30.1 Å². The molecule has 0 spiro atoms. The molecule has 0 aliphatic carbocycles. The number of amides is 5. The fourth-order valence-corrected chi connectivity index (χ4v) is 8.06. The number of unbranched alkanes of at least 4 members (excludes halogenated alkanes) is 1. The second-order valence-corrected chi connectivity index (χ2v) is 14.0. The number of carbonyl (C=O) groups is 4. The third-order valence-electron chi connectivity index (χ3n) is 9.27. The van der Waals surface area contributed by atoms with Crippen LogP contribution in [0.5, 0.6) is 11.5 Å². The highest BCUT2D eigenvalue weighted by molar-refractivity contribution is 8.00. The van der Waals surface area contributed by atoms with Gasteiger partial charge in [-0.2, -0.15) is 11.8 Å². The highest BCUT2D eigenvalue weighted by atomic mass is 32.2. The lowest BCUT2D eigenvalue weighted by atomic mass is 10.0. The van der Waals surface area contributed by atoms with Crippen molar-refractivity contribution in [1.29, 1.82) is 0 Å². The molecule has 3 aliphatic heterocycles. The summed E-state index contributed by atoms with van der Waals surface area (Å²) in [6, 6.07) is 12.9. The molecule has 16 heteroatoms. The summed E-state index contributed by atoms with van der Waals surface area (Å²) >= 11 is 1.89. The molecule has 1 aromatic heterocycles. The highest BCUT2D eigenvalue weighted by Gasteiger charge is 2.42. The van der Waals surface area contributed by atoms with E-state index in [0.29, 0.717) is 66.5 Å². The van der Waals surface area contributed by atoms with E-state index < -0.39 is 5.92 Å². The lowest BCUT2D eigenvalue weighted by molar-refractivity contribution is -0.122. The minimum atomic E-state index is -0.520. The van der Waals surface area contributed by atoms with Gasteiger partial charge in [-0.15, -0.1) is 5.10 Å². The first-order chi connectivity index (χ1) is 24.8. The van der Waals surface area contributed by atoms with Crippen LogP contribution >= 0.6 is 11.8 Å². The molecule has 0 saturated carbocycles. The first-order valence-corrected chi connectivity index (χ1v) is 18.2. The van der Waals surface area contributed by atoms with Gasteiger partial charge in [0.25, 0.3) is 0 Å². The number of carbonyl (C=O) groups excluding carboxylic acids is 4. The topological polar surface area (TPSA) is 178 Å². The monoisotopic (exact) mass is 720 g/mol. The lowest BCUT2D eigenvalue weighted by Crippen LogP contribution is -2.36. The Morgan fingerprint density at radius 3 is 2.69 bits per heavy atom. The van der Waals surface area contributed by atoms with Crippen molar-refractivity contribution in [3.05, 3.63) is 48.7 Å². The Kier molecular flexibility index (Phi) is 11.9. The molecule has 5 amide bonds. The zero-order chi connectivity index (χ0) is 35.7. The van der Waals surface area contributed by atoms with Gasteiger partial charge in [0.1, 0.15) is 17.2 Å². The predicted octanol–water partition coefficient (Wildman–Crippen LogP) is 2.81. The van der Waals surface area contributed by atoms with Gasteiger partial charge in [0, 0.05) is 54.3 Å². The summed E-state index contributed by atoms with van der Waals surface area (Å²) in [6.45, 7) is 2.00. The normalized spacial score (nSPS) is 20.9. The third kappa shape index (κ3) is 9.10. The van der Waals surface area contributed by atoms with Gasteiger partial charge in [-0.1, -0.05) is 23.8 Å². The smallest absolute Gasteiger partial charge is 0.315 e. The number of rotatable bonds is 17. The molecule has 51 heavy (non-hydrogen) atoms. The van der Waals surface area contributed by atoms with E-state index >= 15 is 0 Å². The van der Waals surface area contributed by atoms with Crippen LogP contribution in [0, 0.1) is 5.92 Å². The van der Waals surface area contributed by atoms with Crippen molar-refractivity contribution in [2.75, 3.05) is 56.5 Å². The van der Waals surface area contributed by atoms with Crippen LogP contribution in [0.25, 0.3) is 11.3 Å². The molecule has 4 heterocycles. The standard InChI is InChI=1S/C35H44N8O7S/c1-48-25-11-12-29(49-2)28(18-25)43-19-23(17-32(43)45)34(46)37-24-9-7-22(8-10-24)26-20-42(41-40-26)14-16-50-15-13-36-31(44)6-4-3-5-30-33-27(21-51-30)38-35(47)39-33/h7-12,18,20,23,27,30,33H,3-6,13-17,19,21H2,1-2H3,(H,36,44)(H,37,46)(H2,38,39,47)/t23?,27-,30-,33-/m0/s1. The summed E-state index contributed by atoms with van der Waals surface area (Å²) in [5.74, 6) is 1.17. The Hall–Kier alpha value is -4.83. The van der Waals surface area contributed by atoms with E-state index in [2.05, 4.69) is 31.6 Å². The van der Waals surface area contributed by atoms with Gasteiger partial charge in [0.2, 0.25) is 17.7 Å². The number of urea groups is 1.